The molecule has 0 aliphatic rings. The molecular formula is C19H23ClN4O2S. The lowest BCUT2D eigenvalue weighted by Gasteiger charge is -2.14. The summed E-state index contributed by atoms with van der Waals surface area (Å²) in [5.74, 6) is 0.524. The van der Waals surface area contributed by atoms with Crippen molar-refractivity contribution in [2.45, 2.75) is 6.92 Å². The van der Waals surface area contributed by atoms with Crippen molar-refractivity contribution in [2.75, 3.05) is 43.2 Å². The Morgan fingerprint density at radius 3 is 2.15 bits per heavy atom. The smallest absolute Gasteiger partial charge is 0.221 e. The summed E-state index contributed by atoms with van der Waals surface area (Å²) < 4.78 is 5.66. The third kappa shape index (κ3) is 7.42. The molecule has 0 aliphatic heterocycles. The summed E-state index contributed by atoms with van der Waals surface area (Å²) in [6.07, 6.45) is 0. The third-order valence-electron chi connectivity index (χ3n) is 3.45. The number of nitrogens with zero attached hydrogens (tertiary/aromatic N) is 1. The van der Waals surface area contributed by atoms with Crippen molar-refractivity contribution in [2.24, 2.45) is 0 Å². The number of amides is 1. The van der Waals surface area contributed by atoms with Crippen LogP contribution in [0.15, 0.2) is 42.5 Å². The highest BCUT2D eigenvalue weighted by Gasteiger charge is 2.06. The molecular weight excluding hydrogens is 384 g/mol. The first-order valence-electron chi connectivity index (χ1n) is 8.36. The van der Waals surface area contributed by atoms with Crippen LogP contribution in [0.1, 0.15) is 6.92 Å². The molecule has 2 rings (SSSR count). The number of carbonyl (C=O) groups excluding carboxylic acids is 1. The maximum atomic E-state index is 11.0. The Balaban J connectivity index is 1.89. The van der Waals surface area contributed by atoms with Crippen LogP contribution in [0.4, 0.5) is 17.1 Å². The lowest BCUT2D eigenvalue weighted by molar-refractivity contribution is -0.114. The van der Waals surface area contributed by atoms with Gasteiger partial charge in [0.25, 0.3) is 0 Å². The molecule has 0 aromatic heterocycles. The molecule has 144 valence electrons. The Bertz CT molecular complexity index is 797. The zero-order valence-corrected chi connectivity index (χ0v) is 17.1. The summed E-state index contributed by atoms with van der Waals surface area (Å²) in [6.45, 7) is 2.84. The minimum Gasteiger partial charge on any atom is -0.491 e. The van der Waals surface area contributed by atoms with E-state index in [1.807, 2.05) is 43.3 Å². The Morgan fingerprint density at radius 1 is 1.04 bits per heavy atom. The molecule has 0 bridgehead atoms. The molecule has 8 heteroatoms. The van der Waals surface area contributed by atoms with Crippen LogP contribution in [0.2, 0.25) is 5.02 Å². The molecule has 2 aromatic rings. The highest BCUT2D eigenvalue weighted by molar-refractivity contribution is 7.80. The molecule has 6 nitrogen and oxygen atoms in total. The van der Waals surface area contributed by atoms with Crippen molar-refractivity contribution in [1.82, 2.24) is 4.90 Å². The first kappa shape index (κ1) is 21.0. The Labute approximate surface area is 169 Å². The highest BCUT2D eigenvalue weighted by atomic mass is 35.5. The second-order valence-corrected chi connectivity index (χ2v) is 6.95. The van der Waals surface area contributed by atoms with Gasteiger partial charge in [0.05, 0.1) is 5.02 Å². The first-order chi connectivity index (χ1) is 12.8. The molecule has 0 heterocycles. The van der Waals surface area contributed by atoms with Crippen molar-refractivity contribution in [3.63, 3.8) is 0 Å². The van der Waals surface area contributed by atoms with E-state index in [0.29, 0.717) is 22.5 Å². The summed E-state index contributed by atoms with van der Waals surface area (Å²) in [7, 11) is 3.97. The predicted octanol–water partition coefficient (Wildman–Crippen LogP) is 4.05. The molecule has 2 aromatic carbocycles. The lowest BCUT2D eigenvalue weighted by Crippen LogP contribution is -2.20. The second kappa shape index (κ2) is 10.1. The maximum absolute atomic E-state index is 11.0. The minimum atomic E-state index is -0.112. The summed E-state index contributed by atoms with van der Waals surface area (Å²) in [5, 5.41) is 9.82. The fourth-order valence-electron chi connectivity index (χ4n) is 2.17. The fourth-order valence-corrected chi connectivity index (χ4v) is 2.64. The van der Waals surface area contributed by atoms with Gasteiger partial charge in [0.1, 0.15) is 12.4 Å². The fraction of sp³-hybridized carbons (Fsp3) is 0.263. The van der Waals surface area contributed by atoms with E-state index in [9.17, 15) is 4.79 Å². The highest BCUT2D eigenvalue weighted by Crippen LogP contribution is 2.27. The molecule has 0 saturated carbocycles. The zero-order valence-electron chi connectivity index (χ0n) is 15.5. The van der Waals surface area contributed by atoms with Gasteiger partial charge in [-0.05, 0) is 68.8 Å². The second-order valence-electron chi connectivity index (χ2n) is 6.13. The van der Waals surface area contributed by atoms with Crippen LogP contribution in [-0.4, -0.2) is 43.2 Å². The maximum Gasteiger partial charge on any atom is 0.221 e. The zero-order chi connectivity index (χ0) is 19.8. The lowest BCUT2D eigenvalue weighted by atomic mass is 10.2. The molecule has 0 fully saturated rings. The molecule has 0 atom stereocenters. The van der Waals surface area contributed by atoms with Crippen LogP contribution in [-0.2, 0) is 4.79 Å². The number of rotatable bonds is 7. The van der Waals surface area contributed by atoms with Gasteiger partial charge >= 0.3 is 0 Å². The number of hydrogen-bond acceptors (Lipinski definition) is 4. The number of thiocarbonyl (C=S) groups is 1. The van der Waals surface area contributed by atoms with Crippen molar-refractivity contribution in [3.05, 3.63) is 47.5 Å². The topological polar surface area (TPSA) is 65.6 Å². The van der Waals surface area contributed by atoms with E-state index in [1.54, 1.807) is 18.2 Å². The van der Waals surface area contributed by atoms with Crippen molar-refractivity contribution in [3.8, 4) is 5.75 Å². The van der Waals surface area contributed by atoms with Crippen LogP contribution >= 0.6 is 23.8 Å². The summed E-state index contributed by atoms with van der Waals surface area (Å²) >= 11 is 11.6. The van der Waals surface area contributed by atoms with Crippen LogP contribution in [0.25, 0.3) is 0 Å². The number of anilines is 3. The number of ether oxygens (including phenoxy) is 1. The van der Waals surface area contributed by atoms with Crippen molar-refractivity contribution < 1.29 is 9.53 Å². The number of benzene rings is 2. The standard InChI is InChI=1S/C19H23ClN4O2S/c1-13(25)21-14-4-6-15(7-5-14)22-19(27)23-16-8-9-18(17(20)12-16)26-11-10-24(2)3/h4-9,12H,10-11H2,1-3H3,(H,21,25)(H2,22,23,27). The number of likely N-dealkylation sites (N-methyl/N-ethyl adjacent to an activating group) is 1. The van der Waals surface area contributed by atoms with Crippen LogP contribution in [0.5, 0.6) is 5.75 Å². The van der Waals surface area contributed by atoms with Gasteiger partial charge in [-0.3, -0.25) is 4.79 Å². The van der Waals surface area contributed by atoms with Gasteiger partial charge < -0.3 is 25.6 Å². The van der Waals surface area contributed by atoms with Crippen molar-refractivity contribution in [1.29, 1.82) is 0 Å². The van der Waals surface area contributed by atoms with Gasteiger partial charge in [0, 0.05) is 30.5 Å². The van der Waals surface area contributed by atoms with E-state index in [-0.39, 0.29) is 5.91 Å². The molecule has 0 saturated heterocycles. The molecule has 0 spiro atoms. The van der Waals surface area contributed by atoms with E-state index in [4.69, 9.17) is 28.6 Å². The Hall–Kier alpha value is -2.35. The molecule has 0 aliphatic carbocycles. The van der Waals surface area contributed by atoms with Gasteiger partial charge in [-0.2, -0.15) is 0 Å². The van der Waals surface area contributed by atoms with Gasteiger partial charge in [-0.15, -0.1) is 0 Å². The summed E-state index contributed by atoms with van der Waals surface area (Å²) in [4.78, 5) is 13.1. The van der Waals surface area contributed by atoms with Crippen LogP contribution < -0.4 is 20.7 Å². The molecule has 0 radical (unpaired) electrons. The third-order valence-corrected chi connectivity index (χ3v) is 3.95. The number of carbonyl (C=O) groups is 1. The molecule has 0 unspecified atom stereocenters. The van der Waals surface area contributed by atoms with E-state index in [1.165, 1.54) is 6.92 Å². The SMILES string of the molecule is CC(=O)Nc1ccc(NC(=S)Nc2ccc(OCCN(C)C)c(Cl)c2)cc1. The summed E-state index contributed by atoms with van der Waals surface area (Å²) in [5.41, 5.74) is 2.28. The molecule has 1 amide bonds. The monoisotopic (exact) mass is 406 g/mol. The van der Waals surface area contributed by atoms with Crippen LogP contribution in [0.3, 0.4) is 0 Å². The first-order valence-corrected chi connectivity index (χ1v) is 9.15. The Morgan fingerprint density at radius 2 is 1.59 bits per heavy atom. The number of hydrogen-bond donors (Lipinski definition) is 3. The molecule has 27 heavy (non-hydrogen) atoms. The predicted molar refractivity (Wildman–Crippen MR) is 116 cm³/mol. The van der Waals surface area contributed by atoms with E-state index in [2.05, 4.69) is 16.0 Å². The number of halogens is 1. The van der Waals surface area contributed by atoms with E-state index in [0.717, 1.165) is 23.6 Å². The quantitative estimate of drug-likeness (QED) is 0.603. The molecule has 3 N–H and O–H groups in total. The van der Waals surface area contributed by atoms with Gasteiger partial charge in [-0.1, -0.05) is 11.6 Å². The van der Waals surface area contributed by atoms with Gasteiger partial charge in [0.2, 0.25) is 5.91 Å². The number of nitrogens with one attached hydrogen (secondary N) is 3. The average molecular weight is 407 g/mol. The Kier molecular flexibility index (Phi) is 7.84. The normalized spacial score (nSPS) is 10.4. The van der Waals surface area contributed by atoms with Gasteiger partial charge in [0.15, 0.2) is 5.11 Å². The minimum absolute atomic E-state index is 0.112. The van der Waals surface area contributed by atoms with Crippen molar-refractivity contribution >= 4 is 51.9 Å². The average Bonchev–Trinajstić information content (AvgIpc) is 2.58. The van der Waals surface area contributed by atoms with E-state index >= 15 is 0 Å². The largest absolute Gasteiger partial charge is 0.491 e. The summed E-state index contributed by atoms with van der Waals surface area (Å²) in [6, 6.07) is 12.7. The van der Waals surface area contributed by atoms with E-state index < -0.39 is 0 Å². The van der Waals surface area contributed by atoms with Crippen LogP contribution in [0, 0.1) is 0 Å². The van der Waals surface area contributed by atoms with Gasteiger partial charge in [-0.25, -0.2) is 0 Å².